The number of ether oxygens (including phenoxy) is 2. The molecule has 0 amide bonds. The molecule has 0 atom stereocenters. The van der Waals surface area contributed by atoms with Crippen LogP contribution in [0.5, 0.6) is 11.5 Å². The number of benzene rings is 2. The minimum absolute atomic E-state index is 0.594. The number of aryl methyl sites for hydroxylation is 1. The monoisotopic (exact) mass is 357 g/mol. The molecule has 22 heavy (non-hydrogen) atoms. The molecule has 0 fully saturated rings. The van der Waals surface area contributed by atoms with Crippen molar-refractivity contribution in [2.24, 2.45) is 0 Å². The highest BCUT2D eigenvalue weighted by atomic mass is 79.9. The van der Waals surface area contributed by atoms with Gasteiger partial charge in [-0.15, -0.1) is 0 Å². The summed E-state index contributed by atoms with van der Waals surface area (Å²) in [6, 6.07) is 13.7. The van der Waals surface area contributed by atoms with E-state index in [1.165, 1.54) is 0 Å². The highest BCUT2D eigenvalue weighted by Gasteiger charge is 2.09. The smallest absolute Gasteiger partial charge is 0.161 e. The van der Waals surface area contributed by atoms with Crippen LogP contribution in [-0.4, -0.2) is 14.2 Å². The number of hydrogen-bond acceptors (Lipinski definition) is 3. The first kappa shape index (κ1) is 16.1. The lowest BCUT2D eigenvalue weighted by Gasteiger charge is -2.11. The summed E-state index contributed by atoms with van der Waals surface area (Å²) in [4.78, 5) is 0. The van der Waals surface area contributed by atoms with E-state index in [-0.39, 0.29) is 0 Å². The van der Waals surface area contributed by atoms with Crippen LogP contribution in [0.1, 0.15) is 16.7 Å². The fourth-order valence-corrected chi connectivity index (χ4v) is 2.54. The van der Waals surface area contributed by atoms with E-state index in [1.54, 1.807) is 14.2 Å². The molecule has 2 rings (SSSR count). The summed E-state index contributed by atoms with van der Waals surface area (Å²) >= 11 is 3.43. The van der Waals surface area contributed by atoms with E-state index in [4.69, 9.17) is 9.47 Å². The van der Waals surface area contributed by atoms with E-state index < -0.39 is 0 Å². The summed E-state index contributed by atoms with van der Waals surface area (Å²) in [6.07, 6.45) is 1.86. The Morgan fingerprint density at radius 3 is 2.41 bits per heavy atom. The van der Waals surface area contributed by atoms with Crippen molar-refractivity contribution in [3.05, 3.63) is 57.6 Å². The Morgan fingerprint density at radius 2 is 1.82 bits per heavy atom. The molecule has 3 nitrogen and oxygen atoms in total. The molecule has 0 radical (unpaired) electrons. The number of hydrogen-bond donors (Lipinski definition) is 0. The third kappa shape index (κ3) is 3.49. The van der Waals surface area contributed by atoms with Gasteiger partial charge in [0.2, 0.25) is 0 Å². The third-order valence-electron chi connectivity index (χ3n) is 3.33. The number of allylic oxidation sites excluding steroid dienone is 1. The molecule has 0 aliphatic heterocycles. The van der Waals surface area contributed by atoms with Gasteiger partial charge in [-0.05, 0) is 54.0 Å². The van der Waals surface area contributed by atoms with Crippen molar-refractivity contribution in [3.8, 4) is 17.6 Å². The van der Waals surface area contributed by atoms with E-state index in [1.807, 2.05) is 49.4 Å². The molecule has 0 aliphatic rings. The Kier molecular flexibility index (Phi) is 5.24. The Bertz CT molecular complexity index is 760. The molecule has 2 aromatic rings. The van der Waals surface area contributed by atoms with Crippen LogP contribution in [0.3, 0.4) is 0 Å². The van der Waals surface area contributed by atoms with Crippen molar-refractivity contribution in [2.75, 3.05) is 14.2 Å². The number of nitriles is 1. The van der Waals surface area contributed by atoms with Gasteiger partial charge in [0.25, 0.3) is 0 Å². The van der Waals surface area contributed by atoms with Crippen molar-refractivity contribution in [3.63, 3.8) is 0 Å². The van der Waals surface area contributed by atoms with Crippen LogP contribution in [0.2, 0.25) is 0 Å². The summed E-state index contributed by atoms with van der Waals surface area (Å²) in [5.74, 6) is 1.32. The van der Waals surface area contributed by atoms with Gasteiger partial charge >= 0.3 is 0 Å². The molecule has 112 valence electrons. The molecule has 0 heterocycles. The van der Waals surface area contributed by atoms with Crippen molar-refractivity contribution < 1.29 is 9.47 Å². The number of rotatable bonds is 4. The van der Waals surface area contributed by atoms with Crippen LogP contribution in [0.4, 0.5) is 0 Å². The zero-order chi connectivity index (χ0) is 16.1. The molecule has 0 saturated carbocycles. The first-order valence-corrected chi connectivity index (χ1v) is 7.48. The Morgan fingerprint density at radius 1 is 1.14 bits per heavy atom. The summed E-state index contributed by atoms with van der Waals surface area (Å²) in [5, 5.41) is 9.46. The molecular formula is C18H16BrNO2. The van der Waals surface area contributed by atoms with Gasteiger partial charge in [0.05, 0.1) is 25.9 Å². The molecule has 4 heteroatoms. The molecular weight excluding hydrogens is 342 g/mol. The normalized spacial score (nSPS) is 11.0. The predicted molar refractivity (Wildman–Crippen MR) is 91.9 cm³/mol. The summed E-state index contributed by atoms with van der Waals surface area (Å²) in [6.45, 7) is 1.98. The SMILES string of the molecule is COc1cc(C)c(/C=C(/C#N)c2cccc(Br)c2)cc1OC. The average Bonchev–Trinajstić information content (AvgIpc) is 2.53. The lowest BCUT2D eigenvalue weighted by atomic mass is 10.0. The third-order valence-corrected chi connectivity index (χ3v) is 3.82. The van der Waals surface area contributed by atoms with Crippen LogP contribution in [0.15, 0.2) is 40.9 Å². The maximum Gasteiger partial charge on any atom is 0.161 e. The molecule has 0 N–H and O–H groups in total. The first-order chi connectivity index (χ1) is 10.6. The number of methoxy groups -OCH3 is 2. The Labute approximate surface area is 138 Å². The zero-order valence-corrected chi connectivity index (χ0v) is 14.3. The quantitative estimate of drug-likeness (QED) is 0.580. The maximum atomic E-state index is 9.46. The molecule has 2 aromatic carbocycles. The van der Waals surface area contributed by atoms with E-state index in [0.717, 1.165) is 21.2 Å². The Balaban J connectivity index is 2.53. The maximum absolute atomic E-state index is 9.46. The standard InChI is InChI=1S/C18H16BrNO2/c1-12-7-17(21-2)18(22-3)10-14(12)8-15(11-20)13-5-4-6-16(19)9-13/h4-10H,1-3H3/b15-8-. The van der Waals surface area contributed by atoms with Crippen molar-refractivity contribution in [1.29, 1.82) is 5.26 Å². The molecule has 0 aromatic heterocycles. The van der Waals surface area contributed by atoms with Crippen LogP contribution in [0, 0.1) is 18.3 Å². The van der Waals surface area contributed by atoms with Crippen LogP contribution < -0.4 is 9.47 Å². The number of nitrogens with zero attached hydrogens (tertiary/aromatic N) is 1. The van der Waals surface area contributed by atoms with E-state index in [2.05, 4.69) is 22.0 Å². The van der Waals surface area contributed by atoms with Gasteiger partial charge in [0, 0.05) is 4.47 Å². The van der Waals surface area contributed by atoms with Crippen molar-refractivity contribution >= 4 is 27.6 Å². The van der Waals surface area contributed by atoms with Gasteiger partial charge in [-0.1, -0.05) is 28.1 Å². The summed E-state index contributed by atoms with van der Waals surface area (Å²) in [7, 11) is 3.20. The van der Waals surface area contributed by atoms with Gasteiger partial charge < -0.3 is 9.47 Å². The van der Waals surface area contributed by atoms with Crippen molar-refractivity contribution in [1.82, 2.24) is 0 Å². The second-order valence-corrected chi connectivity index (χ2v) is 5.66. The van der Waals surface area contributed by atoms with Gasteiger partial charge in [0.15, 0.2) is 11.5 Å². The van der Waals surface area contributed by atoms with Crippen LogP contribution in [-0.2, 0) is 0 Å². The molecule has 0 unspecified atom stereocenters. The predicted octanol–water partition coefficient (Wildman–Crippen LogP) is 4.84. The minimum Gasteiger partial charge on any atom is -0.493 e. The second kappa shape index (κ2) is 7.15. The number of halogens is 1. The molecule has 0 bridgehead atoms. The fourth-order valence-electron chi connectivity index (χ4n) is 2.14. The largest absolute Gasteiger partial charge is 0.493 e. The van der Waals surface area contributed by atoms with Gasteiger partial charge in [0.1, 0.15) is 0 Å². The Hall–Kier alpha value is -2.25. The topological polar surface area (TPSA) is 42.2 Å². The van der Waals surface area contributed by atoms with Gasteiger partial charge in [-0.2, -0.15) is 5.26 Å². The molecule has 0 aliphatic carbocycles. The summed E-state index contributed by atoms with van der Waals surface area (Å²) < 4.78 is 11.6. The fraction of sp³-hybridized carbons (Fsp3) is 0.167. The highest BCUT2D eigenvalue weighted by molar-refractivity contribution is 9.10. The van der Waals surface area contributed by atoms with Crippen LogP contribution >= 0.6 is 15.9 Å². The second-order valence-electron chi connectivity index (χ2n) is 4.74. The first-order valence-electron chi connectivity index (χ1n) is 6.69. The van der Waals surface area contributed by atoms with Crippen LogP contribution in [0.25, 0.3) is 11.6 Å². The van der Waals surface area contributed by atoms with Gasteiger partial charge in [-0.25, -0.2) is 0 Å². The van der Waals surface area contributed by atoms with E-state index >= 15 is 0 Å². The lowest BCUT2D eigenvalue weighted by Crippen LogP contribution is -1.93. The summed E-state index contributed by atoms with van der Waals surface area (Å²) in [5.41, 5.74) is 3.40. The molecule has 0 spiro atoms. The van der Waals surface area contributed by atoms with E-state index in [9.17, 15) is 5.26 Å². The zero-order valence-electron chi connectivity index (χ0n) is 12.7. The molecule has 0 saturated heterocycles. The lowest BCUT2D eigenvalue weighted by molar-refractivity contribution is 0.354. The minimum atomic E-state index is 0.594. The van der Waals surface area contributed by atoms with Gasteiger partial charge in [-0.3, -0.25) is 0 Å². The van der Waals surface area contributed by atoms with Crippen molar-refractivity contribution in [2.45, 2.75) is 6.92 Å². The average molecular weight is 358 g/mol. The van der Waals surface area contributed by atoms with E-state index in [0.29, 0.717) is 17.1 Å². The highest BCUT2D eigenvalue weighted by Crippen LogP contribution is 2.32.